The molecule has 1 heterocycles. The third-order valence-electron chi connectivity index (χ3n) is 4.68. The molecule has 1 fully saturated rings. The highest BCUT2D eigenvalue weighted by molar-refractivity contribution is 9.10. The third kappa shape index (κ3) is 4.00. The van der Waals surface area contributed by atoms with Crippen LogP contribution in [0.25, 0.3) is 0 Å². The van der Waals surface area contributed by atoms with Crippen molar-refractivity contribution < 1.29 is 9.47 Å². The molecule has 5 heteroatoms. The fourth-order valence-corrected chi connectivity index (χ4v) is 4.01. The Morgan fingerprint density at radius 3 is 2.36 bits per heavy atom. The number of nitrogens with one attached hydrogen (secondary N) is 1. The van der Waals surface area contributed by atoms with Crippen LogP contribution in [0.5, 0.6) is 11.5 Å². The van der Waals surface area contributed by atoms with E-state index in [1.54, 1.807) is 14.2 Å². The van der Waals surface area contributed by atoms with Gasteiger partial charge in [-0.05, 0) is 36.7 Å². The number of halogens is 1. The van der Waals surface area contributed by atoms with Crippen LogP contribution in [-0.4, -0.2) is 45.3 Å². The number of nitrogens with zero attached hydrogens (tertiary/aromatic N) is 1. The van der Waals surface area contributed by atoms with Crippen LogP contribution in [0.15, 0.2) is 46.9 Å². The zero-order valence-corrected chi connectivity index (χ0v) is 16.4. The first-order valence-corrected chi connectivity index (χ1v) is 9.45. The van der Waals surface area contributed by atoms with Crippen LogP contribution in [0.4, 0.5) is 0 Å². The number of hydrogen-bond donors (Lipinski definition) is 1. The van der Waals surface area contributed by atoms with Crippen LogP contribution in [0.2, 0.25) is 0 Å². The number of benzene rings is 2. The summed E-state index contributed by atoms with van der Waals surface area (Å²) in [4.78, 5) is 2.51. The number of methoxy groups -OCH3 is 2. The Morgan fingerprint density at radius 1 is 0.960 bits per heavy atom. The van der Waals surface area contributed by atoms with Crippen molar-refractivity contribution in [3.8, 4) is 11.5 Å². The van der Waals surface area contributed by atoms with Crippen molar-refractivity contribution in [1.29, 1.82) is 0 Å². The van der Waals surface area contributed by atoms with Gasteiger partial charge in [-0.15, -0.1) is 0 Å². The highest BCUT2D eigenvalue weighted by Gasteiger charge is 2.30. The van der Waals surface area contributed by atoms with E-state index in [2.05, 4.69) is 44.3 Å². The smallest absolute Gasteiger partial charge is 0.127 e. The van der Waals surface area contributed by atoms with Gasteiger partial charge in [0, 0.05) is 24.1 Å². The van der Waals surface area contributed by atoms with Crippen LogP contribution >= 0.6 is 15.9 Å². The molecule has 0 aromatic heterocycles. The monoisotopic (exact) mass is 404 g/mol. The van der Waals surface area contributed by atoms with Crippen molar-refractivity contribution in [2.75, 3.05) is 40.4 Å². The lowest BCUT2D eigenvalue weighted by molar-refractivity contribution is 0.230. The van der Waals surface area contributed by atoms with E-state index in [4.69, 9.17) is 9.47 Å². The zero-order valence-electron chi connectivity index (χ0n) is 14.8. The van der Waals surface area contributed by atoms with Crippen molar-refractivity contribution >= 4 is 15.9 Å². The van der Waals surface area contributed by atoms with Crippen molar-refractivity contribution in [1.82, 2.24) is 10.2 Å². The Bertz CT molecular complexity index is 678. The predicted molar refractivity (Wildman–Crippen MR) is 105 cm³/mol. The van der Waals surface area contributed by atoms with E-state index in [9.17, 15) is 0 Å². The highest BCUT2D eigenvalue weighted by atomic mass is 79.9. The van der Waals surface area contributed by atoms with Gasteiger partial charge in [0.15, 0.2) is 0 Å². The molecule has 0 radical (unpaired) electrons. The molecule has 0 saturated carbocycles. The van der Waals surface area contributed by atoms with E-state index >= 15 is 0 Å². The molecule has 3 rings (SSSR count). The molecule has 0 spiro atoms. The van der Waals surface area contributed by atoms with Gasteiger partial charge in [-0.2, -0.15) is 0 Å². The lowest BCUT2D eigenvalue weighted by atomic mass is 9.95. The van der Waals surface area contributed by atoms with Crippen LogP contribution in [0, 0.1) is 0 Å². The average molecular weight is 405 g/mol. The summed E-state index contributed by atoms with van der Waals surface area (Å²) in [6.45, 7) is 4.05. The maximum Gasteiger partial charge on any atom is 0.127 e. The van der Waals surface area contributed by atoms with E-state index in [1.807, 2.05) is 24.3 Å². The Morgan fingerprint density at radius 2 is 1.68 bits per heavy atom. The summed E-state index contributed by atoms with van der Waals surface area (Å²) in [5.41, 5.74) is 2.31. The molecule has 2 aromatic carbocycles. The molecule has 1 N–H and O–H groups in total. The van der Waals surface area contributed by atoms with Crippen LogP contribution < -0.4 is 14.8 Å². The highest BCUT2D eigenvalue weighted by Crippen LogP contribution is 2.42. The minimum absolute atomic E-state index is 0.0709. The molecule has 134 valence electrons. The van der Waals surface area contributed by atoms with Crippen LogP contribution in [-0.2, 0) is 0 Å². The van der Waals surface area contributed by atoms with E-state index in [1.165, 1.54) is 5.56 Å². The van der Waals surface area contributed by atoms with Gasteiger partial charge in [0.25, 0.3) is 0 Å². The van der Waals surface area contributed by atoms with Crippen LogP contribution in [0.1, 0.15) is 23.6 Å². The molecule has 1 saturated heterocycles. The third-order valence-corrected chi connectivity index (χ3v) is 5.40. The molecule has 1 atom stereocenters. The van der Waals surface area contributed by atoms with Crippen LogP contribution in [0.3, 0.4) is 0 Å². The van der Waals surface area contributed by atoms with Crippen molar-refractivity contribution in [3.05, 3.63) is 58.1 Å². The Kier molecular flexibility index (Phi) is 6.34. The fraction of sp³-hybridized carbons (Fsp3) is 0.400. The molecular formula is C20H25BrN2O2. The second-order valence-corrected chi connectivity index (χ2v) is 6.99. The molecule has 0 bridgehead atoms. The van der Waals surface area contributed by atoms with Gasteiger partial charge in [0.1, 0.15) is 11.5 Å². The van der Waals surface area contributed by atoms with Gasteiger partial charge in [-0.1, -0.05) is 40.2 Å². The van der Waals surface area contributed by atoms with Gasteiger partial charge in [0.2, 0.25) is 0 Å². The Balaban J connectivity index is 2.16. The van der Waals surface area contributed by atoms with E-state index in [0.29, 0.717) is 0 Å². The minimum atomic E-state index is 0.0709. The Hall–Kier alpha value is -1.56. The molecule has 0 amide bonds. The molecular weight excluding hydrogens is 380 g/mol. The lowest BCUT2D eigenvalue weighted by Gasteiger charge is -2.33. The van der Waals surface area contributed by atoms with E-state index < -0.39 is 0 Å². The summed E-state index contributed by atoms with van der Waals surface area (Å²) in [5, 5.41) is 3.49. The minimum Gasteiger partial charge on any atom is -0.496 e. The SMILES string of the molecule is COc1cccc(OC)c1C(c1ccccc1Br)N1CCCNCC1. The predicted octanol–water partition coefficient (Wildman–Crippen LogP) is 3.85. The maximum atomic E-state index is 5.71. The molecule has 25 heavy (non-hydrogen) atoms. The largest absolute Gasteiger partial charge is 0.496 e. The van der Waals surface area contributed by atoms with Gasteiger partial charge < -0.3 is 14.8 Å². The summed E-state index contributed by atoms with van der Waals surface area (Å²) in [5.74, 6) is 1.72. The molecule has 1 aliphatic rings. The second-order valence-electron chi connectivity index (χ2n) is 6.14. The summed E-state index contributed by atoms with van der Waals surface area (Å²) >= 11 is 3.75. The van der Waals surface area contributed by atoms with Gasteiger partial charge in [0.05, 0.1) is 25.8 Å². The van der Waals surface area contributed by atoms with Gasteiger partial charge in [-0.3, -0.25) is 4.90 Å². The van der Waals surface area contributed by atoms with Crippen molar-refractivity contribution in [3.63, 3.8) is 0 Å². The fourth-order valence-electron chi connectivity index (χ4n) is 3.51. The summed E-state index contributed by atoms with van der Waals surface area (Å²) in [6, 6.07) is 14.5. The first-order valence-electron chi connectivity index (χ1n) is 8.66. The summed E-state index contributed by atoms with van der Waals surface area (Å²) < 4.78 is 12.5. The molecule has 2 aromatic rings. The average Bonchev–Trinajstić information content (AvgIpc) is 2.93. The summed E-state index contributed by atoms with van der Waals surface area (Å²) in [7, 11) is 3.44. The maximum absolute atomic E-state index is 5.71. The molecule has 1 aliphatic heterocycles. The number of rotatable bonds is 5. The van der Waals surface area contributed by atoms with Gasteiger partial charge >= 0.3 is 0 Å². The lowest BCUT2D eigenvalue weighted by Crippen LogP contribution is -2.33. The molecule has 4 nitrogen and oxygen atoms in total. The molecule has 1 unspecified atom stereocenters. The van der Waals surface area contributed by atoms with E-state index in [0.717, 1.165) is 54.1 Å². The topological polar surface area (TPSA) is 33.7 Å². The first-order chi connectivity index (χ1) is 12.3. The summed E-state index contributed by atoms with van der Waals surface area (Å²) in [6.07, 6.45) is 1.12. The van der Waals surface area contributed by atoms with Crippen molar-refractivity contribution in [2.24, 2.45) is 0 Å². The quantitative estimate of drug-likeness (QED) is 0.820. The first kappa shape index (κ1) is 18.2. The normalized spacial score (nSPS) is 16.9. The molecule has 0 aliphatic carbocycles. The van der Waals surface area contributed by atoms with E-state index in [-0.39, 0.29) is 6.04 Å². The van der Waals surface area contributed by atoms with Gasteiger partial charge in [-0.25, -0.2) is 0 Å². The standard InChI is InChI=1S/C20H25BrN2O2/c1-24-17-9-5-10-18(25-2)19(17)20(15-7-3-4-8-16(15)21)23-13-6-11-22-12-14-23/h3-5,7-10,20,22H,6,11-14H2,1-2H3. The van der Waals surface area contributed by atoms with Crippen molar-refractivity contribution in [2.45, 2.75) is 12.5 Å². The number of ether oxygens (including phenoxy) is 2. The second kappa shape index (κ2) is 8.70. The zero-order chi connectivity index (χ0) is 17.6. The Labute approximate surface area is 158 Å². The number of hydrogen-bond acceptors (Lipinski definition) is 4.